The van der Waals surface area contributed by atoms with E-state index in [1.165, 1.54) is 11.1 Å². The molecule has 0 aliphatic carbocycles. The minimum Gasteiger partial charge on any atom is -0.368 e. The van der Waals surface area contributed by atoms with Crippen LogP contribution in [0.2, 0.25) is 0 Å². The normalized spacial score (nSPS) is 26.2. The Labute approximate surface area is 153 Å². The van der Waals surface area contributed by atoms with Crippen LogP contribution in [0.3, 0.4) is 0 Å². The van der Waals surface area contributed by atoms with Crippen LogP contribution in [0.5, 0.6) is 0 Å². The Kier molecular flexibility index (Phi) is 6.62. The van der Waals surface area contributed by atoms with E-state index in [1.807, 2.05) is 12.1 Å². The van der Waals surface area contributed by atoms with Crippen LogP contribution in [-0.2, 0) is 32.2 Å². The molecule has 0 saturated carbocycles. The molecule has 0 N–H and O–H groups in total. The zero-order valence-electron chi connectivity index (χ0n) is 15.0. The maximum Gasteiger partial charge on any atom is 0.186 e. The summed E-state index contributed by atoms with van der Waals surface area (Å²) < 4.78 is 23.9. The highest BCUT2D eigenvalue weighted by molar-refractivity contribution is 7.07. The molecule has 2 heterocycles. The SMILES string of the molecule is CC[C@H]1O[C@H](OC)[C@H](OCc2ccsc2)[C@H]1OCc1ccccc1C. The molecular weight excluding hydrogens is 336 g/mol. The first-order valence-electron chi connectivity index (χ1n) is 8.70. The number of aryl methyl sites for hydroxylation is 1. The summed E-state index contributed by atoms with van der Waals surface area (Å²) in [6, 6.07) is 10.4. The largest absolute Gasteiger partial charge is 0.368 e. The van der Waals surface area contributed by atoms with Gasteiger partial charge in [0.25, 0.3) is 0 Å². The standard InChI is InChI=1S/C20H26O4S/c1-4-17-18(23-12-16-8-6-5-7-14(16)2)19(20(21-3)24-17)22-11-15-9-10-25-13-15/h5-10,13,17-20H,4,11-12H2,1-3H3/t17-,18+,19-,20+/m1/s1. The number of hydrogen-bond acceptors (Lipinski definition) is 5. The minimum atomic E-state index is -0.398. The number of hydrogen-bond donors (Lipinski definition) is 0. The van der Waals surface area contributed by atoms with Gasteiger partial charge in [-0.15, -0.1) is 0 Å². The lowest BCUT2D eigenvalue weighted by atomic mass is 10.1. The van der Waals surface area contributed by atoms with E-state index in [1.54, 1.807) is 18.4 Å². The van der Waals surface area contributed by atoms with Crippen LogP contribution in [0.15, 0.2) is 41.1 Å². The van der Waals surface area contributed by atoms with E-state index in [9.17, 15) is 0 Å². The lowest BCUT2D eigenvalue weighted by molar-refractivity contribution is -0.166. The Morgan fingerprint density at radius 1 is 1.08 bits per heavy atom. The number of benzene rings is 1. The lowest BCUT2D eigenvalue weighted by Gasteiger charge is -2.24. The summed E-state index contributed by atoms with van der Waals surface area (Å²) in [4.78, 5) is 0. The van der Waals surface area contributed by atoms with Gasteiger partial charge in [-0.3, -0.25) is 0 Å². The molecule has 136 valence electrons. The third kappa shape index (κ3) is 4.49. The van der Waals surface area contributed by atoms with Crippen LogP contribution in [0.1, 0.15) is 30.0 Å². The molecule has 1 aromatic heterocycles. The van der Waals surface area contributed by atoms with Crippen molar-refractivity contribution in [2.45, 2.75) is 58.1 Å². The molecule has 25 heavy (non-hydrogen) atoms. The van der Waals surface area contributed by atoms with Gasteiger partial charge in [0.05, 0.1) is 19.3 Å². The second kappa shape index (κ2) is 8.92. The molecule has 1 aliphatic heterocycles. The molecule has 0 bridgehead atoms. The van der Waals surface area contributed by atoms with Crippen LogP contribution < -0.4 is 0 Å². The molecule has 1 fully saturated rings. The van der Waals surface area contributed by atoms with Crippen LogP contribution in [0, 0.1) is 6.92 Å². The van der Waals surface area contributed by atoms with E-state index >= 15 is 0 Å². The second-order valence-electron chi connectivity index (χ2n) is 6.30. The molecule has 0 amide bonds. The lowest BCUT2D eigenvalue weighted by Crippen LogP contribution is -2.38. The van der Waals surface area contributed by atoms with E-state index in [0.717, 1.165) is 12.0 Å². The number of thiophene rings is 1. The minimum absolute atomic E-state index is 0.0264. The van der Waals surface area contributed by atoms with Crippen molar-refractivity contribution in [3.05, 3.63) is 57.8 Å². The van der Waals surface area contributed by atoms with E-state index in [-0.39, 0.29) is 18.3 Å². The van der Waals surface area contributed by atoms with Crippen molar-refractivity contribution in [1.82, 2.24) is 0 Å². The van der Waals surface area contributed by atoms with Gasteiger partial charge < -0.3 is 18.9 Å². The molecule has 5 heteroatoms. The summed E-state index contributed by atoms with van der Waals surface area (Å²) in [5, 5.41) is 4.15. The summed E-state index contributed by atoms with van der Waals surface area (Å²) in [5.74, 6) is 0. The first kappa shape index (κ1) is 18.5. The van der Waals surface area contributed by atoms with Crippen LogP contribution in [0.25, 0.3) is 0 Å². The first-order chi connectivity index (χ1) is 12.2. The molecule has 4 atom stereocenters. The maximum atomic E-state index is 6.26. The fraction of sp³-hybridized carbons (Fsp3) is 0.500. The van der Waals surface area contributed by atoms with E-state index in [0.29, 0.717) is 13.2 Å². The van der Waals surface area contributed by atoms with Crippen molar-refractivity contribution in [3.8, 4) is 0 Å². The maximum absolute atomic E-state index is 6.26. The van der Waals surface area contributed by atoms with E-state index in [4.69, 9.17) is 18.9 Å². The van der Waals surface area contributed by atoms with E-state index in [2.05, 4.69) is 42.8 Å². The molecule has 1 aliphatic rings. The van der Waals surface area contributed by atoms with Crippen LogP contribution in [0.4, 0.5) is 0 Å². The molecule has 2 aromatic rings. The average molecular weight is 362 g/mol. The van der Waals surface area contributed by atoms with Gasteiger partial charge in [0, 0.05) is 7.11 Å². The number of rotatable bonds is 8. The van der Waals surface area contributed by atoms with Gasteiger partial charge in [-0.1, -0.05) is 31.2 Å². The highest BCUT2D eigenvalue weighted by Gasteiger charge is 2.45. The Bertz CT molecular complexity index is 643. The van der Waals surface area contributed by atoms with Crippen molar-refractivity contribution in [2.75, 3.05) is 7.11 Å². The quantitative estimate of drug-likeness (QED) is 0.701. The Morgan fingerprint density at radius 2 is 1.88 bits per heavy atom. The molecule has 1 aromatic carbocycles. The molecule has 0 spiro atoms. The van der Waals surface area contributed by atoms with Gasteiger partial charge in [0.2, 0.25) is 0 Å². The van der Waals surface area contributed by atoms with Crippen LogP contribution in [-0.4, -0.2) is 31.7 Å². The van der Waals surface area contributed by atoms with Gasteiger partial charge in [0.15, 0.2) is 6.29 Å². The second-order valence-corrected chi connectivity index (χ2v) is 7.08. The molecule has 4 nitrogen and oxygen atoms in total. The van der Waals surface area contributed by atoms with Gasteiger partial charge in [-0.25, -0.2) is 0 Å². The molecule has 0 unspecified atom stereocenters. The topological polar surface area (TPSA) is 36.9 Å². The highest BCUT2D eigenvalue weighted by atomic mass is 32.1. The van der Waals surface area contributed by atoms with E-state index < -0.39 is 6.29 Å². The monoisotopic (exact) mass is 362 g/mol. The molecule has 1 saturated heterocycles. The third-order valence-electron chi connectivity index (χ3n) is 4.62. The first-order valence-corrected chi connectivity index (χ1v) is 9.64. The van der Waals surface area contributed by atoms with Gasteiger partial charge in [0.1, 0.15) is 12.2 Å². The van der Waals surface area contributed by atoms with Gasteiger partial charge in [-0.2, -0.15) is 11.3 Å². The summed E-state index contributed by atoms with van der Waals surface area (Å²) in [5.41, 5.74) is 3.58. The average Bonchev–Trinajstić information content (AvgIpc) is 3.26. The van der Waals surface area contributed by atoms with Crippen molar-refractivity contribution < 1.29 is 18.9 Å². The fourth-order valence-corrected chi connectivity index (χ4v) is 3.77. The smallest absolute Gasteiger partial charge is 0.186 e. The Balaban J connectivity index is 1.68. The summed E-state index contributed by atoms with van der Waals surface area (Å²) in [6.07, 6.45) is 0.0512. The Morgan fingerprint density at radius 3 is 2.56 bits per heavy atom. The number of ether oxygens (including phenoxy) is 4. The predicted octanol–water partition coefficient (Wildman–Crippen LogP) is 4.31. The zero-order chi connectivity index (χ0) is 17.6. The van der Waals surface area contributed by atoms with Gasteiger partial charge >= 0.3 is 0 Å². The summed E-state index contributed by atoms with van der Waals surface area (Å²) >= 11 is 1.67. The highest BCUT2D eigenvalue weighted by Crippen LogP contribution is 2.30. The molecule has 0 radical (unpaired) electrons. The summed E-state index contributed by atoms with van der Waals surface area (Å²) in [7, 11) is 1.65. The molecular formula is C20H26O4S. The van der Waals surface area contributed by atoms with Crippen molar-refractivity contribution in [3.63, 3.8) is 0 Å². The zero-order valence-corrected chi connectivity index (χ0v) is 15.8. The third-order valence-corrected chi connectivity index (χ3v) is 5.35. The Hall–Kier alpha value is -1.24. The number of methoxy groups -OCH3 is 1. The predicted molar refractivity (Wildman–Crippen MR) is 98.6 cm³/mol. The van der Waals surface area contributed by atoms with Crippen molar-refractivity contribution >= 4 is 11.3 Å². The summed E-state index contributed by atoms with van der Waals surface area (Å²) in [6.45, 7) is 5.29. The van der Waals surface area contributed by atoms with Crippen molar-refractivity contribution in [1.29, 1.82) is 0 Å². The van der Waals surface area contributed by atoms with Gasteiger partial charge in [-0.05, 0) is 46.9 Å². The van der Waals surface area contributed by atoms with Crippen LogP contribution >= 0.6 is 11.3 Å². The van der Waals surface area contributed by atoms with Crippen molar-refractivity contribution in [2.24, 2.45) is 0 Å². The fourth-order valence-electron chi connectivity index (χ4n) is 3.11. The molecule has 3 rings (SSSR count).